The minimum Gasteiger partial charge on any atom is -0.384 e. The van der Waals surface area contributed by atoms with Crippen molar-refractivity contribution in [3.63, 3.8) is 0 Å². The van der Waals surface area contributed by atoms with Crippen LogP contribution in [0, 0.1) is 0 Å². The van der Waals surface area contributed by atoms with Crippen molar-refractivity contribution in [1.29, 1.82) is 0 Å². The quantitative estimate of drug-likeness (QED) is 0.727. The Morgan fingerprint density at radius 1 is 1.21 bits per heavy atom. The summed E-state index contributed by atoms with van der Waals surface area (Å²) in [5, 5.41) is 2.95. The first-order valence-electron chi connectivity index (χ1n) is 6.98. The minimum atomic E-state index is -4.27. The van der Waals surface area contributed by atoms with Gasteiger partial charge in [0, 0.05) is 18.2 Å². The molecule has 0 aromatic heterocycles. The summed E-state index contributed by atoms with van der Waals surface area (Å²) in [5.74, 6) is 0.231. The summed E-state index contributed by atoms with van der Waals surface area (Å²) < 4.78 is 38.6. The van der Waals surface area contributed by atoms with Crippen LogP contribution in [0.15, 0.2) is 18.2 Å². The van der Waals surface area contributed by atoms with E-state index in [0.29, 0.717) is 12.2 Å². The zero-order valence-corrected chi connectivity index (χ0v) is 11.2. The largest absolute Gasteiger partial charge is 0.418 e. The number of alkyl halides is 3. The highest BCUT2D eigenvalue weighted by atomic mass is 19.4. The average molecular weight is 271 g/mol. The van der Waals surface area contributed by atoms with Crippen molar-refractivity contribution in [1.82, 2.24) is 0 Å². The molecular formula is C15H20F3N. The van der Waals surface area contributed by atoms with E-state index in [9.17, 15) is 13.2 Å². The molecular weight excluding hydrogens is 251 g/mol. The normalized spacial score (nSPS) is 18.2. The third-order valence-corrected chi connectivity index (χ3v) is 3.77. The molecule has 0 bridgehead atoms. The second-order valence-corrected chi connectivity index (χ2v) is 5.19. The molecule has 0 aliphatic carbocycles. The fourth-order valence-electron chi connectivity index (χ4n) is 2.75. The van der Waals surface area contributed by atoms with Crippen molar-refractivity contribution < 1.29 is 13.2 Å². The molecule has 0 fully saturated rings. The highest BCUT2D eigenvalue weighted by molar-refractivity contribution is 5.64. The second-order valence-electron chi connectivity index (χ2n) is 5.19. The van der Waals surface area contributed by atoms with Gasteiger partial charge in [0.25, 0.3) is 0 Å². The van der Waals surface area contributed by atoms with Gasteiger partial charge < -0.3 is 5.32 Å². The van der Waals surface area contributed by atoms with E-state index in [0.717, 1.165) is 24.5 Å². The highest BCUT2D eigenvalue weighted by Crippen LogP contribution is 2.43. The number of halogens is 3. The molecule has 0 amide bonds. The zero-order valence-electron chi connectivity index (χ0n) is 11.2. The lowest BCUT2D eigenvalue weighted by atomic mass is 9.93. The van der Waals surface area contributed by atoms with Crippen LogP contribution in [0.4, 0.5) is 18.9 Å². The molecule has 1 heterocycles. The average Bonchev–Trinajstić information content (AvgIpc) is 2.76. The number of unbranched alkanes of at least 4 members (excludes halogenated alkanes) is 3. The van der Waals surface area contributed by atoms with E-state index in [1.807, 2.05) is 6.07 Å². The van der Waals surface area contributed by atoms with Gasteiger partial charge in [-0.15, -0.1) is 0 Å². The van der Waals surface area contributed by atoms with E-state index < -0.39 is 11.7 Å². The third-order valence-electron chi connectivity index (χ3n) is 3.77. The Bertz CT molecular complexity index is 426. The van der Waals surface area contributed by atoms with Gasteiger partial charge in [-0.1, -0.05) is 44.7 Å². The third kappa shape index (κ3) is 3.23. The molecule has 0 saturated heterocycles. The van der Waals surface area contributed by atoms with Crippen LogP contribution >= 0.6 is 0 Å². The maximum absolute atomic E-state index is 12.9. The van der Waals surface area contributed by atoms with Gasteiger partial charge in [-0.05, 0) is 18.1 Å². The molecule has 1 N–H and O–H groups in total. The molecule has 0 spiro atoms. The van der Waals surface area contributed by atoms with Gasteiger partial charge in [0.2, 0.25) is 0 Å². The Kier molecular flexibility index (Phi) is 4.38. The number of anilines is 1. The van der Waals surface area contributed by atoms with Crippen LogP contribution in [0.2, 0.25) is 0 Å². The van der Waals surface area contributed by atoms with Gasteiger partial charge in [-0.25, -0.2) is 0 Å². The second kappa shape index (κ2) is 5.85. The Balaban J connectivity index is 2.08. The van der Waals surface area contributed by atoms with Gasteiger partial charge in [0.1, 0.15) is 0 Å². The van der Waals surface area contributed by atoms with Gasteiger partial charge in [0.05, 0.1) is 5.56 Å². The SMILES string of the molecule is CCCCCCC1CNc2c1cccc2C(F)(F)F. The number of nitrogens with one attached hydrogen (secondary N) is 1. The summed E-state index contributed by atoms with van der Waals surface area (Å²) in [5.41, 5.74) is 0.614. The van der Waals surface area contributed by atoms with Gasteiger partial charge in [0.15, 0.2) is 0 Å². The maximum Gasteiger partial charge on any atom is 0.418 e. The minimum absolute atomic E-state index is 0.231. The van der Waals surface area contributed by atoms with Crippen LogP contribution in [0.25, 0.3) is 0 Å². The van der Waals surface area contributed by atoms with E-state index in [1.165, 1.54) is 25.3 Å². The van der Waals surface area contributed by atoms with Crippen molar-refractivity contribution in [2.75, 3.05) is 11.9 Å². The van der Waals surface area contributed by atoms with Crippen LogP contribution in [-0.2, 0) is 6.18 Å². The summed E-state index contributed by atoms with van der Waals surface area (Å²) in [6.45, 7) is 2.79. The molecule has 19 heavy (non-hydrogen) atoms. The van der Waals surface area contributed by atoms with Crippen LogP contribution in [-0.4, -0.2) is 6.54 Å². The highest BCUT2D eigenvalue weighted by Gasteiger charge is 2.37. The first kappa shape index (κ1) is 14.2. The lowest BCUT2D eigenvalue weighted by Crippen LogP contribution is -2.08. The van der Waals surface area contributed by atoms with Crippen molar-refractivity contribution >= 4 is 5.69 Å². The Hall–Kier alpha value is -1.19. The van der Waals surface area contributed by atoms with Gasteiger partial charge in [-0.3, -0.25) is 0 Å². The van der Waals surface area contributed by atoms with Crippen LogP contribution in [0.3, 0.4) is 0 Å². The predicted octanol–water partition coefficient (Wildman–Crippen LogP) is 5.18. The molecule has 1 aliphatic rings. The summed E-state index contributed by atoms with van der Waals surface area (Å²) in [6, 6.07) is 4.51. The van der Waals surface area contributed by atoms with Gasteiger partial charge >= 0.3 is 6.18 Å². The zero-order chi connectivity index (χ0) is 13.9. The summed E-state index contributed by atoms with van der Waals surface area (Å²) >= 11 is 0. The van der Waals surface area contributed by atoms with Crippen molar-refractivity contribution in [3.8, 4) is 0 Å². The molecule has 106 valence electrons. The molecule has 1 aromatic carbocycles. The molecule has 1 nitrogen and oxygen atoms in total. The fraction of sp³-hybridized carbons (Fsp3) is 0.600. The standard InChI is InChI=1S/C15H20F3N/c1-2-3-4-5-7-11-10-19-14-12(11)8-6-9-13(14)15(16,17)18/h6,8-9,11,19H,2-5,7,10H2,1H3. The summed E-state index contributed by atoms with van der Waals surface area (Å²) in [4.78, 5) is 0. The molecule has 4 heteroatoms. The van der Waals surface area contributed by atoms with Crippen molar-refractivity contribution in [2.45, 2.75) is 51.1 Å². The van der Waals surface area contributed by atoms with Gasteiger partial charge in [-0.2, -0.15) is 13.2 Å². The van der Waals surface area contributed by atoms with Crippen LogP contribution in [0.1, 0.15) is 56.1 Å². The van der Waals surface area contributed by atoms with E-state index >= 15 is 0 Å². The molecule has 0 saturated carbocycles. The lowest BCUT2D eigenvalue weighted by molar-refractivity contribution is -0.136. The monoisotopic (exact) mass is 271 g/mol. The molecule has 1 unspecified atom stereocenters. The number of rotatable bonds is 5. The predicted molar refractivity (Wildman–Crippen MR) is 71.4 cm³/mol. The van der Waals surface area contributed by atoms with E-state index in [2.05, 4.69) is 12.2 Å². The topological polar surface area (TPSA) is 12.0 Å². The molecule has 1 aromatic rings. The van der Waals surface area contributed by atoms with Crippen LogP contribution in [0.5, 0.6) is 0 Å². The number of hydrogen-bond acceptors (Lipinski definition) is 1. The molecule has 0 radical (unpaired) electrons. The van der Waals surface area contributed by atoms with E-state index in [1.54, 1.807) is 0 Å². The number of hydrogen-bond donors (Lipinski definition) is 1. The number of para-hydroxylation sites is 1. The number of fused-ring (bicyclic) bond motifs is 1. The Morgan fingerprint density at radius 3 is 2.68 bits per heavy atom. The van der Waals surface area contributed by atoms with Crippen molar-refractivity contribution in [2.24, 2.45) is 0 Å². The fourth-order valence-corrected chi connectivity index (χ4v) is 2.75. The molecule has 1 aliphatic heterocycles. The first-order valence-corrected chi connectivity index (χ1v) is 6.98. The number of benzene rings is 1. The maximum atomic E-state index is 12.9. The smallest absolute Gasteiger partial charge is 0.384 e. The van der Waals surface area contributed by atoms with E-state index in [4.69, 9.17) is 0 Å². The molecule has 1 atom stereocenters. The Morgan fingerprint density at radius 2 is 2.00 bits per heavy atom. The summed E-state index contributed by atoms with van der Waals surface area (Å²) in [6.07, 6.45) is 1.35. The van der Waals surface area contributed by atoms with Crippen molar-refractivity contribution in [3.05, 3.63) is 29.3 Å². The Labute approximate surface area is 112 Å². The summed E-state index contributed by atoms with van der Waals surface area (Å²) in [7, 11) is 0. The lowest BCUT2D eigenvalue weighted by Gasteiger charge is -2.13. The van der Waals surface area contributed by atoms with E-state index in [-0.39, 0.29) is 5.92 Å². The first-order chi connectivity index (χ1) is 9.04. The molecule has 2 rings (SSSR count). The van der Waals surface area contributed by atoms with Crippen LogP contribution < -0.4 is 5.32 Å².